The molecule has 0 aliphatic carbocycles. The summed E-state index contributed by atoms with van der Waals surface area (Å²) in [4.78, 5) is 4.07. The van der Waals surface area contributed by atoms with E-state index >= 15 is 0 Å². The molecule has 3 heteroatoms. The van der Waals surface area contributed by atoms with Crippen molar-refractivity contribution in [3.63, 3.8) is 0 Å². The molecule has 2 N–H and O–H groups in total. The number of hydrogen-bond acceptors (Lipinski definition) is 2. The van der Waals surface area contributed by atoms with Crippen LogP contribution in [0.4, 0.5) is 0 Å². The van der Waals surface area contributed by atoms with Gasteiger partial charge in [0.25, 0.3) is 0 Å². The second-order valence-corrected chi connectivity index (χ2v) is 4.16. The van der Waals surface area contributed by atoms with Gasteiger partial charge in [-0.1, -0.05) is 28.1 Å². The van der Waals surface area contributed by atoms with Gasteiger partial charge in [0.1, 0.15) is 0 Å². The van der Waals surface area contributed by atoms with E-state index in [1.807, 2.05) is 24.4 Å². The SMILES string of the molecule is NCc1cnccc1-c1ccc(Br)cc1. The number of hydrogen-bond donors (Lipinski definition) is 1. The van der Waals surface area contributed by atoms with Gasteiger partial charge < -0.3 is 5.73 Å². The maximum Gasteiger partial charge on any atom is 0.0318 e. The van der Waals surface area contributed by atoms with Crippen LogP contribution in [0.25, 0.3) is 11.1 Å². The van der Waals surface area contributed by atoms with Gasteiger partial charge in [-0.25, -0.2) is 0 Å². The second-order valence-electron chi connectivity index (χ2n) is 3.24. The molecule has 0 aliphatic rings. The summed E-state index contributed by atoms with van der Waals surface area (Å²) in [5, 5.41) is 0. The summed E-state index contributed by atoms with van der Waals surface area (Å²) in [7, 11) is 0. The summed E-state index contributed by atoms with van der Waals surface area (Å²) >= 11 is 3.42. The fraction of sp³-hybridized carbons (Fsp3) is 0.0833. The third-order valence-electron chi connectivity index (χ3n) is 2.28. The molecule has 1 aromatic carbocycles. The molecule has 0 saturated carbocycles. The molecule has 0 spiro atoms. The van der Waals surface area contributed by atoms with Crippen molar-refractivity contribution >= 4 is 15.9 Å². The lowest BCUT2D eigenvalue weighted by atomic mass is 10.0. The minimum atomic E-state index is 0.513. The van der Waals surface area contributed by atoms with Gasteiger partial charge >= 0.3 is 0 Å². The van der Waals surface area contributed by atoms with Crippen LogP contribution in [0.3, 0.4) is 0 Å². The highest BCUT2D eigenvalue weighted by molar-refractivity contribution is 9.10. The van der Waals surface area contributed by atoms with Gasteiger partial charge in [-0.3, -0.25) is 4.98 Å². The smallest absolute Gasteiger partial charge is 0.0318 e. The van der Waals surface area contributed by atoms with Crippen LogP contribution in [0.15, 0.2) is 47.2 Å². The van der Waals surface area contributed by atoms with E-state index in [1.54, 1.807) is 6.20 Å². The third kappa shape index (κ3) is 2.25. The highest BCUT2D eigenvalue weighted by Gasteiger charge is 2.02. The van der Waals surface area contributed by atoms with Crippen LogP contribution in [-0.4, -0.2) is 4.98 Å². The quantitative estimate of drug-likeness (QED) is 0.904. The van der Waals surface area contributed by atoms with Crippen LogP contribution in [-0.2, 0) is 6.54 Å². The lowest BCUT2D eigenvalue weighted by Crippen LogP contribution is -1.99. The van der Waals surface area contributed by atoms with E-state index in [0.29, 0.717) is 6.54 Å². The number of aromatic nitrogens is 1. The van der Waals surface area contributed by atoms with Crippen molar-refractivity contribution in [2.75, 3.05) is 0 Å². The van der Waals surface area contributed by atoms with Gasteiger partial charge in [-0.2, -0.15) is 0 Å². The summed E-state index contributed by atoms with van der Waals surface area (Å²) < 4.78 is 1.08. The first kappa shape index (κ1) is 10.3. The average Bonchev–Trinajstić information content (AvgIpc) is 2.30. The van der Waals surface area contributed by atoms with Gasteiger partial charge in [-0.15, -0.1) is 0 Å². The molecule has 0 bridgehead atoms. The Morgan fingerprint density at radius 1 is 1.13 bits per heavy atom. The van der Waals surface area contributed by atoms with Gasteiger partial charge in [0.05, 0.1) is 0 Å². The molecule has 0 aliphatic heterocycles. The third-order valence-corrected chi connectivity index (χ3v) is 2.81. The van der Waals surface area contributed by atoms with Crippen molar-refractivity contribution in [1.29, 1.82) is 0 Å². The van der Waals surface area contributed by atoms with Crippen molar-refractivity contribution in [2.24, 2.45) is 5.73 Å². The Hall–Kier alpha value is -1.19. The molecule has 0 radical (unpaired) electrons. The number of rotatable bonds is 2. The van der Waals surface area contributed by atoms with Crippen molar-refractivity contribution in [3.05, 3.63) is 52.8 Å². The lowest BCUT2D eigenvalue weighted by Gasteiger charge is -2.06. The fourth-order valence-corrected chi connectivity index (χ4v) is 1.77. The van der Waals surface area contributed by atoms with Crippen molar-refractivity contribution in [2.45, 2.75) is 6.54 Å². The zero-order valence-corrected chi connectivity index (χ0v) is 9.74. The molecule has 0 fully saturated rings. The Morgan fingerprint density at radius 3 is 2.53 bits per heavy atom. The summed E-state index contributed by atoms with van der Waals surface area (Å²) in [6, 6.07) is 10.2. The minimum absolute atomic E-state index is 0.513. The Morgan fingerprint density at radius 2 is 1.87 bits per heavy atom. The molecule has 2 aromatic rings. The van der Waals surface area contributed by atoms with Crippen LogP contribution in [0, 0.1) is 0 Å². The highest BCUT2D eigenvalue weighted by atomic mass is 79.9. The predicted molar refractivity (Wildman–Crippen MR) is 65.3 cm³/mol. The molecule has 15 heavy (non-hydrogen) atoms. The van der Waals surface area contributed by atoms with E-state index < -0.39 is 0 Å². The van der Waals surface area contributed by atoms with Gasteiger partial charge in [-0.05, 0) is 34.9 Å². The number of pyridine rings is 1. The minimum Gasteiger partial charge on any atom is -0.326 e. The van der Waals surface area contributed by atoms with E-state index in [9.17, 15) is 0 Å². The van der Waals surface area contributed by atoms with Gasteiger partial charge in [0, 0.05) is 23.4 Å². The highest BCUT2D eigenvalue weighted by Crippen LogP contribution is 2.24. The zero-order chi connectivity index (χ0) is 10.7. The molecule has 2 rings (SSSR count). The Labute approximate surface area is 97.3 Å². The Bertz CT molecular complexity index is 451. The summed E-state index contributed by atoms with van der Waals surface area (Å²) in [6.45, 7) is 0.513. The van der Waals surface area contributed by atoms with E-state index in [1.165, 1.54) is 5.56 Å². The number of halogens is 1. The number of nitrogens with two attached hydrogens (primary N) is 1. The monoisotopic (exact) mass is 262 g/mol. The summed E-state index contributed by atoms with van der Waals surface area (Å²) in [5.74, 6) is 0. The van der Waals surface area contributed by atoms with Crippen molar-refractivity contribution in [3.8, 4) is 11.1 Å². The van der Waals surface area contributed by atoms with E-state index in [-0.39, 0.29) is 0 Å². The Kier molecular flexibility index (Phi) is 3.14. The molecule has 1 aromatic heterocycles. The molecule has 0 amide bonds. The number of benzene rings is 1. The van der Waals surface area contributed by atoms with Crippen molar-refractivity contribution in [1.82, 2.24) is 4.98 Å². The fourth-order valence-electron chi connectivity index (χ4n) is 1.50. The van der Waals surface area contributed by atoms with Crippen LogP contribution >= 0.6 is 15.9 Å². The first-order valence-corrected chi connectivity index (χ1v) is 5.49. The lowest BCUT2D eigenvalue weighted by molar-refractivity contribution is 1.05. The molecule has 0 atom stereocenters. The molecule has 0 saturated heterocycles. The molecule has 1 heterocycles. The normalized spacial score (nSPS) is 10.3. The van der Waals surface area contributed by atoms with E-state index in [2.05, 4.69) is 33.0 Å². The number of nitrogens with zero attached hydrogens (tertiary/aromatic N) is 1. The standard InChI is InChI=1S/C12H11BrN2/c13-11-3-1-9(2-4-11)12-5-6-15-8-10(12)7-14/h1-6,8H,7,14H2. The average molecular weight is 263 g/mol. The van der Waals surface area contributed by atoms with Crippen LogP contribution in [0.2, 0.25) is 0 Å². The predicted octanol–water partition coefficient (Wildman–Crippen LogP) is 2.97. The molecular formula is C12H11BrN2. The first-order valence-electron chi connectivity index (χ1n) is 4.70. The maximum atomic E-state index is 5.67. The van der Waals surface area contributed by atoms with Crippen molar-refractivity contribution < 1.29 is 0 Å². The van der Waals surface area contributed by atoms with E-state index in [4.69, 9.17) is 5.73 Å². The molecular weight excluding hydrogens is 252 g/mol. The van der Waals surface area contributed by atoms with E-state index in [0.717, 1.165) is 15.6 Å². The van der Waals surface area contributed by atoms with Crippen LogP contribution in [0.1, 0.15) is 5.56 Å². The summed E-state index contributed by atoms with van der Waals surface area (Å²) in [6.07, 6.45) is 3.61. The van der Waals surface area contributed by atoms with Crippen LogP contribution in [0.5, 0.6) is 0 Å². The first-order chi connectivity index (χ1) is 7.31. The maximum absolute atomic E-state index is 5.67. The molecule has 2 nitrogen and oxygen atoms in total. The largest absolute Gasteiger partial charge is 0.326 e. The zero-order valence-electron chi connectivity index (χ0n) is 8.15. The Balaban J connectivity index is 2.49. The van der Waals surface area contributed by atoms with Gasteiger partial charge in [0.15, 0.2) is 0 Å². The summed E-state index contributed by atoms with van der Waals surface area (Å²) in [5.41, 5.74) is 9.06. The molecule has 0 unspecified atom stereocenters. The second kappa shape index (κ2) is 4.55. The van der Waals surface area contributed by atoms with Crippen LogP contribution < -0.4 is 5.73 Å². The van der Waals surface area contributed by atoms with Gasteiger partial charge in [0.2, 0.25) is 0 Å². The topological polar surface area (TPSA) is 38.9 Å². The molecule has 76 valence electrons.